The SMILES string of the molecule is C=C(C)[C@@H]1CC[C@](C)(CCCC)C[C@H]1O. The van der Waals surface area contributed by atoms with Crippen molar-refractivity contribution >= 4 is 0 Å². The van der Waals surface area contributed by atoms with Crippen molar-refractivity contribution in [1.82, 2.24) is 0 Å². The van der Waals surface area contributed by atoms with Crippen LogP contribution in [0, 0.1) is 11.3 Å². The van der Waals surface area contributed by atoms with E-state index in [4.69, 9.17) is 0 Å². The van der Waals surface area contributed by atoms with Crippen LogP contribution in [0.5, 0.6) is 0 Å². The summed E-state index contributed by atoms with van der Waals surface area (Å²) < 4.78 is 0. The maximum Gasteiger partial charge on any atom is 0.0610 e. The number of aliphatic hydroxyl groups excluding tert-OH is 1. The topological polar surface area (TPSA) is 20.2 Å². The van der Waals surface area contributed by atoms with E-state index < -0.39 is 0 Å². The highest BCUT2D eigenvalue weighted by Gasteiger charge is 2.36. The maximum absolute atomic E-state index is 10.1. The molecule has 0 amide bonds. The summed E-state index contributed by atoms with van der Waals surface area (Å²) in [6.45, 7) is 10.6. The maximum atomic E-state index is 10.1. The summed E-state index contributed by atoms with van der Waals surface area (Å²) >= 11 is 0. The Hall–Kier alpha value is -0.300. The normalized spacial score (nSPS) is 36.5. The van der Waals surface area contributed by atoms with Gasteiger partial charge in [-0.05, 0) is 38.0 Å². The lowest BCUT2D eigenvalue weighted by Crippen LogP contribution is -2.35. The van der Waals surface area contributed by atoms with Gasteiger partial charge in [0.1, 0.15) is 0 Å². The first-order valence-corrected chi connectivity index (χ1v) is 6.32. The zero-order valence-corrected chi connectivity index (χ0v) is 10.6. The van der Waals surface area contributed by atoms with Crippen LogP contribution in [0.1, 0.15) is 59.3 Å². The van der Waals surface area contributed by atoms with Gasteiger partial charge in [-0.15, -0.1) is 0 Å². The molecule has 3 atom stereocenters. The van der Waals surface area contributed by atoms with Crippen molar-refractivity contribution in [3.63, 3.8) is 0 Å². The predicted molar refractivity (Wildman–Crippen MR) is 65.8 cm³/mol. The zero-order valence-electron chi connectivity index (χ0n) is 10.6. The van der Waals surface area contributed by atoms with Crippen molar-refractivity contribution < 1.29 is 5.11 Å². The van der Waals surface area contributed by atoms with Crippen LogP contribution in [-0.2, 0) is 0 Å². The lowest BCUT2D eigenvalue weighted by atomic mass is 9.66. The van der Waals surface area contributed by atoms with E-state index in [0.717, 1.165) is 18.4 Å². The van der Waals surface area contributed by atoms with Crippen LogP contribution < -0.4 is 0 Å². The Kier molecular flexibility index (Phi) is 4.39. The van der Waals surface area contributed by atoms with Crippen LogP contribution in [0.25, 0.3) is 0 Å². The third-order valence-electron chi connectivity index (χ3n) is 3.99. The van der Waals surface area contributed by atoms with Crippen LogP contribution in [0.4, 0.5) is 0 Å². The van der Waals surface area contributed by atoms with Gasteiger partial charge < -0.3 is 5.11 Å². The average Bonchev–Trinajstić information content (AvgIpc) is 2.14. The van der Waals surface area contributed by atoms with Crippen LogP contribution >= 0.6 is 0 Å². The quantitative estimate of drug-likeness (QED) is 0.697. The summed E-state index contributed by atoms with van der Waals surface area (Å²) in [5, 5.41) is 10.1. The number of aliphatic hydroxyl groups is 1. The summed E-state index contributed by atoms with van der Waals surface area (Å²) in [5.41, 5.74) is 1.53. The first-order valence-electron chi connectivity index (χ1n) is 6.32. The molecule has 88 valence electrons. The Morgan fingerprint density at radius 3 is 2.67 bits per heavy atom. The van der Waals surface area contributed by atoms with Gasteiger partial charge in [-0.25, -0.2) is 0 Å². The molecule has 0 unspecified atom stereocenters. The van der Waals surface area contributed by atoms with Gasteiger partial charge in [0.25, 0.3) is 0 Å². The summed E-state index contributed by atoms with van der Waals surface area (Å²) in [4.78, 5) is 0. The Morgan fingerprint density at radius 1 is 1.53 bits per heavy atom. The van der Waals surface area contributed by atoms with E-state index in [0.29, 0.717) is 11.3 Å². The smallest absolute Gasteiger partial charge is 0.0610 e. The van der Waals surface area contributed by atoms with E-state index in [2.05, 4.69) is 20.4 Å². The second-order valence-electron chi connectivity index (χ2n) is 5.68. The Bertz CT molecular complexity index is 221. The molecule has 0 bridgehead atoms. The van der Waals surface area contributed by atoms with Gasteiger partial charge in [-0.3, -0.25) is 0 Å². The molecular formula is C14H26O. The van der Waals surface area contributed by atoms with Gasteiger partial charge in [-0.2, -0.15) is 0 Å². The molecule has 0 spiro atoms. The molecule has 0 aromatic rings. The average molecular weight is 210 g/mol. The minimum atomic E-state index is -0.155. The van der Waals surface area contributed by atoms with E-state index in [1.54, 1.807) is 0 Å². The predicted octanol–water partition coefficient (Wildman–Crippen LogP) is 3.92. The first-order chi connectivity index (χ1) is 6.98. The molecule has 0 heterocycles. The van der Waals surface area contributed by atoms with Gasteiger partial charge in [0.15, 0.2) is 0 Å². The fourth-order valence-corrected chi connectivity index (χ4v) is 2.85. The first kappa shape index (κ1) is 12.8. The largest absolute Gasteiger partial charge is 0.392 e. The molecule has 1 aliphatic rings. The van der Waals surface area contributed by atoms with Crippen LogP contribution in [-0.4, -0.2) is 11.2 Å². The molecule has 1 heteroatoms. The van der Waals surface area contributed by atoms with Gasteiger partial charge in [0.2, 0.25) is 0 Å². The molecule has 0 radical (unpaired) electrons. The lowest BCUT2D eigenvalue weighted by molar-refractivity contribution is 0.0173. The molecule has 1 aliphatic carbocycles. The molecule has 1 N–H and O–H groups in total. The molecule has 1 rings (SSSR count). The highest BCUT2D eigenvalue weighted by Crippen LogP contribution is 2.43. The minimum Gasteiger partial charge on any atom is -0.392 e. The Morgan fingerprint density at radius 2 is 2.20 bits per heavy atom. The third kappa shape index (κ3) is 3.34. The number of hydrogen-bond acceptors (Lipinski definition) is 1. The van der Waals surface area contributed by atoms with Crippen molar-refractivity contribution in [2.75, 3.05) is 0 Å². The van der Waals surface area contributed by atoms with E-state index in [-0.39, 0.29) is 6.10 Å². The molecule has 0 aliphatic heterocycles. The molecule has 1 nitrogen and oxygen atoms in total. The van der Waals surface area contributed by atoms with E-state index >= 15 is 0 Å². The highest BCUT2D eigenvalue weighted by molar-refractivity contribution is 5.03. The fraction of sp³-hybridized carbons (Fsp3) is 0.857. The zero-order chi connectivity index (χ0) is 11.5. The molecule has 0 aromatic heterocycles. The second-order valence-corrected chi connectivity index (χ2v) is 5.68. The molecule has 15 heavy (non-hydrogen) atoms. The molecule has 1 fully saturated rings. The molecule has 0 aromatic carbocycles. The number of unbranched alkanes of at least 4 members (excludes halogenated alkanes) is 1. The number of rotatable bonds is 4. The molecule has 1 saturated carbocycles. The molecular weight excluding hydrogens is 184 g/mol. The summed E-state index contributed by atoms with van der Waals surface area (Å²) in [7, 11) is 0. The van der Waals surface area contributed by atoms with Crippen LogP contribution in [0.3, 0.4) is 0 Å². The third-order valence-corrected chi connectivity index (χ3v) is 3.99. The fourth-order valence-electron chi connectivity index (χ4n) is 2.85. The van der Waals surface area contributed by atoms with Gasteiger partial charge >= 0.3 is 0 Å². The van der Waals surface area contributed by atoms with E-state index in [1.165, 1.54) is 25.7 Å². The summed E-state index contributed by atoms with van der Waals surface area (Å²) in [5.74, 6) is 0.347. The van der Waals surface area contributed by atoms with Crippen molar-refractivity contribution in [3.8, 4) is 0 Å². The van der Waals surface area contributed by atoms with E-state index in [1.807, 2.05) is 6.92 Å². The van der Waals surface area contributed by atoms with Gasteiger partial charge in [0.05, 0.1) is 6.10 Å². The van der Waals surface area contributed by atoms with Crippen molar-refractivity contribution in [2.45, 2.75) is 65.4 Å². The Labute approximate surface area is 94.6 Å². The van der Waals surface area contributed by atoms with Gasteiger partial charge in [0, 0.05) is 5.92 Å². The summed E-state index contributed by atoms with van der Waals surface area (Å²) in [6, 6.07) is 0. The minimum absolute atomic E-state index is 0.155. The van der Waals surface area contributed by atoms with Gasteiger partial charge in [-0.1, -0.05) is 38.8 Å². The standard InChI is InChI=1S/C14H26O/c1-5-6-8-14(4)9-7-12(11(2)3)13(15)10-14/h12-13,15H,2,5-10H2,1,3-4H3/t12-,13+,14-/m0/s1. The highest BCUT2D eigenvalue weighted by atomic mass is 16.3. The summed E-state index contributed by atoms with van der Waals surface area (Å²) in [6.07, 6.45) is 7.00. The van der Waals surface area contributed by atoms with Crippen molar-refractivity contribution in [2.24, 2.45) is 11.3 Å². The number of hydrogen-bond donors (Lipinski definition) is 1. The van der Waals surface area contributed by atoms with Crippen molar-refractivity contribution in [1.29, 1.82) is 0 Å². The second kappa shape index (κ2) is 5.16. The van der Waals surface area contributed by atoms with Crippen LogP contribution in [0.15, 0.2) is 12.2 Å². The monoisotopic (exact) mass is 210 g/mol. The van der Waals surface area contributed by atoms with Crippen LogP contribution in [0.2, 0.25) is 0 Å². The van der Waals surface area contributed by atoms with E-state index in [9.17, 15) is 5.11 Å². The molecule has 0 saturated heterocycles. The Balaban J connectivity index is 2.52. The lowest BCUT2D eigenvalue weighted by Gasteiger charge is -2.41. The van der Waals surface area contributed by atoms with Crippen molar-refractivity contribution in [3.05, 3.63) is 12.2 Å².